The van der Waals surface area contributed by atoms with Crippen molar-refractivity contribution in [3.05, 3.63) is 59.1 Å². The highest BCUT2D eigenvalue weighted by molar-refractivity contribution is 6.32. The first-order valence-corrected chi connectivity index (χ1v) is 6.90. The fourth-order valence-electron chi connectivity index (χ4n) is 1.78. The molecule has 4 heteroatoms. The fraction of sp³-hybridized carbons (Fsp3) is 0.250. The van der Waals surface area contributed by atoms with Gasteiger partial charge in [-0.3, -0.25) is 0 Å². The predicted molar refractivity (Wildman–Crippen MR) is 77.5 cm³/mol. The standard InChI is InChI=1S/C16H15ClO3/c17-15-8-13(18-9-12-4-2-1-3-5-12)6-7-16(15)20-11-14-10-19-14/h1-8,14H,9-11H2. The van der Waals surface area contributed by atoms with E-state index < -0.39 is 0 Å². The third kappa shape index (κ3) is 3.65. The van der Waals surface area contributed by atoms with Gasteiger partial charge in [-0.1, -0.05) is 41.9 Å². The number of benzene rings is 2. The second-order valence-electron chi connectivity index (χ2n) is 4.63. The molecule has 1 atom stereocenters. The smallest absolute Gasteiger partial charge is 0.138 e. The average molecular weight is 291 g/mol. The number of rotatable bonds is 6. The molecule has 104 valence electrons. The zero-order valence-electron chi connectivity index (χ0n) is 10.9. The predicted octanol–water partition coefficient (Wildman–Crippen LogP) is 3.70. The number of hydrogen-bond acceptors (Lipinski definition) is 3. The van der Waals surface area contributed by atoms with Gasteiger partial charge in [0.25, 0.3) is 0 Å². The van der Waals surface area contributed by atoms with Crippen molar-refractivity contribution in [2.24, 2.45) is 0 Å². The maximum absolute atomic E-state index is 6.17. The molecule has 3 nitrogen and oxygen atoms in total. The Morgan fingerprint density at radius 2 is 1.90 bits per heavy atom. The Hall–Kier alpha value is -1.71. The molecule has 1 fully saturated rings. The molecule has 0 N–H and O–H groups in total. The van der Waals surface area contributed by atoms with Crippen LogP contribution in [-0.4, -0.2) is 19.3 Å². The lowest BCUT2D eigenvalue weighted by Gasteiger charge is -2.10. The number of hydrogen-bond donors (Lipinski definition) is 0. The molecular weight excluding hydrogens is 276 g/mol. The summed E-state index contributed by atoms with van der Waals surface area (Å²) in [5.41, 5.74) is 1.12. The summed E-state index contributed by atoms with van der Waals surface area (Å²) in [6.07, 6.45) is 0.222. The molecule has 1 unspecified atom stereocenters. The topological polar surface area (TPSA) is 31.0 Å². The van der Waals surface area contributed by atoms with Crippen LogP contribution in [0.2, 0.25) is 5.02 Å². The molecule has 0 aliphatic carbocycles. The highest BCUT2D eigenvalue weighted by Gasteiger charge is 2.23. The summed E-state index contributed by atoms with van der Waals surface area (Å²) in [5.74, 6) is 1.39. The van der Waals surface area contributed by atoms with E-state index in [1.165, 1.54) is 0 Å². The van der Waals surface area contributed by atoms with Crippen LogP contribution >= 0.6 is 11.6 Å². The molecule has 0 spiro atoms. The third-order valence-electron chi connectivity index (χ3n) is 2.98. The molecule has 2 aromatic carbocycles. The van der Waals surface area contributed by atoms with Crippen LogP contribution in [0.15, 0.2) is 48.5 Å². The van der Waals surface area contributed by atoms with Gasteiger partial charge in [-0.2, -0.15) is 0 Å². The minimum atomic E-state index is 0.222. The van der Waals surface area contributed by atoms with E-state index >= 15 is 0 Å². The van der Waals surface area contributed by atoms with Crippen molar-refractivity contribution >= 4 is 11.6 Å². The van der Waals surface area contributed by atoms with Crippen LogP contribution in [0.3, 0.4) is 0 Å². The summed E-state index contributed by atoms with van der Waals surface area (Å²) in [5, 5.41) is 0.552. The second kappa shape index (κ2) is 6.16. The van der Waals surface area contributed by atoms with E-state index in [4.69, 9.17) is 25.8 Å². The number of epoxide rings is 1. The normalized spacial score (nSPS) is 16.8. The van der Waals surface area contributed by atoms with E-state index in [0.717, 1.165) is 17.9 Å². The van der Waals surface area contributed by atoms with Gasteiger partial charge in [-0.15, -0.1) is 0 Å². The maximum atomic E-state index is 6.17. The van der Waals surface area contributed by atoms with Crippen LogP contribution in [-0.2, 0) is 11.3 Å². The van der Waals surface area contributed by atoms with E-state index in [1.807, 2.05) is 42.5 Å². The summed E-state index contributed by atoms with van der Waals surface area (Å²) in [6.45, 7) is 1.84. The van der Waals surface area contributed by atoms with E-state index in [-0.39, 0.29) is 6.10 Å². The largest absolute Gasteiger partial charge is 0.489 e. The minimum absolute atomic E-state index is 0.222. The molecule has 1 saturated heterocycles. The van der Waals surface area contributed by atoms with Gasteiger partial charge in [0.05, 0.1) is 11.6 Å². The molecule has 2 aromatic rings. The SMILES string of the molecule is Clc1cc(OCc2ccccc2)ccc1OCC1CO1. The lowest BCUT2D eigenvalue weighted by Crippen LogP contribution is -2.04. The molecule has 1 heterocycles. The van der Waals surface area contributed by atoms with E-state index in [9.17, 15) is 0 Å². The van der Waals surface area contributed by atoms with Gasteiger partial charge in [0, 0.05) is 6.07 Å². The van der Waals surface area contributed by atoms with Crippen LogP contribution in [0.25, 0.3) is 0 Å². The summed E-state index contributed by atoms with van der Waals surface area (Å²) in [6, 6.07) is 15.5. The number of halogens is 1. The van der Waals surface area contributed by atoms with Crippen molar-refractivity contribution in [3.63, 3.8) is 0 Å². The Kier molecular flexibility index (Phi) is 4.09. The van der Waals surface area contributed by atoms with E-state index in [1.54, 1.807) is 6.07 Å². The quantitative estimate of drug-likeness (QED) is 0.760. The first kappa shape index (κ1) is 13.3. The third-order valence-corrected chi connectivity index (χ3v) is 3.27. The van der Waals surface area contributed by atoms with Crippen LogP contribution in [0.1, 0.15) is 5.56 Å². The van der Waals surface area contributed by atoms with Crippen molar-refractivity contribution in [3.8, 4) is 11.5 Å². The summed E-state index contributed by atoms with van der Waals surface area (Å²) >= 11 is 6.17. The average Bonchev–Trinajstić information content (AvgIpc) is 3.29. The minimum Gasteiger partial charge on any atom is -0.489 e. The van der Waals surface area contributed by atoms with Gasteiger partial charge in [0.1, 0.15) is 30.8 Å². The fourth-order valence-corrected chi connectivity index (χ4v) is 2.00. The van der Waals surface area contributed by atoms with Crippen molar-refractivity contribution in [1.29, 1.82) is 0 Å². The molecular formula is C16H15ClO3. The van der Waals surface area contributed by atoms with Crippen molar-refractivity contribution in [2.75, 3.05) is 13.2 Å². The zero-order valence-corrected chi connectivity index (χ0v) is 11.7. The summed E-state index contributed by atoms with van der Waals surface area (Å²) < 4.78 is 16.4. The van der Waals surface area contributed by atoms with Crippen LogP contribution < -0.4 is 9.47 Å². The first-order valence-electron chi connectivity index (χ1n) is 6.52. The van der Waals surface area contributed by atoms with Gasteiger partial charge >= 0.3 is 0 Å². The molecule has 0 amide bonds. The number of ether oxygens (including phenoxy) is 3. The van der Waals surface area contributed by atoms with Crippen molar-refractivity contribution in [1.82, 2.24) is 0 Å². The molecule has 0 radical (unpaired) electrons. The van der Waals surface area contributed by atoms with Crippen LogP contribution in [0.4, 0.5) is 0 Å². The highest BCUT2D eigenvalue weighted by Crippen LogP contribution is 2.29. The molecule has 0 saturated carbocycles. The molecule has 20 heavy (non-hydrogen) atoms. The highest BCUT2D eigenvalue weighted by atomic mass is 35.5. The van der Waals surface area contributed by atoms with Gasteiger partial charge in [-0.25, -0.2) is 0 Å². The molecule has 0 bridgehead atoms. The molecule has 0 aromatic heterocycles. The molecule has 1 aliphatic rings. The second-order valence-corrected chi connectivity index (χ2v) is 5.04. The Morgan fingerprint density at radius 1 is 1.10 bits per heavy atom. The summed E-state index contributed by atoms with van der Waals surface area (Å²) in [7, 11) is 0. The lowest BCUT2D eigenvalue weighted by molar-refractivity contribution is 0.262. The Balaban J connectivity index is 1.58. The van der Waals surface area contributed by atoms with Crippen LogP contribution in [0.5, 0.6) is 11.5 Å². The van der Waals surface area contributed by atoms with Gasteiger partial charge in [-0.05, 0) is 17.7 Å². The van der Waals surface area contributed by atoms with Gasteiger partial charge < -0.3 is 14.2 Å². The van der Waals surface area contributed by atoms with Crippen LogP contribution in [0, 0.1) is 0 Å². The van der Waals surface area contributed by atoms with E-state index in [0.29, 0.717) is 24.0 Å². The first-order chi connectivity index (χ1) is 9.81. The van der Waals surface area contributed by atoms with Crippen molar-refractivity contribution in [2.45, 2.75) is 12.7 Å². The van der Waals surface area contributed by atoms with Gasteiger partial charge in [0.2, 0.25) is 0 Å². The zero-order chi connectivity index (χ0) is 13.8. The lowest BCUT2D eigenvalue weighted by atomic mass is 10.2. The van der Waals surface area contributed by atoms with E-state index in [2.05, 4.69) is 0 Å². The molecule has 3 rings (SSSR count). The summed E-state index contributed by atoms with van der Waals surface area (Å²) in [4.78, 5) is 0. The Morgan fingerprint density at radius 3 is 2.60 bits per heavy atom. The van der Waals surface area contributed by atoms with Gasteiger partial charge in [0.15, 0.2) is 0 Å². The Labute approximate surface area is 123 Å². The molecule has 1 aliphatic heterocycles. The monoisotopic (exact) mass is 290 g/mol. The Bertz CT molecular complexity index is 567. The maximum Gasteiger partial charge on any atom is 0.138 e. The van der Waals surface area contributed by atoms with Crippen molar-refractivity contribution < 1.29 is 14.2 Å².